The van der Waals surface area contributed by atoms with E-state index in [0.717, 1.165) is 102 Å². The van der Waals surface area contributed by atoms with Crippen molar-refractivity contribution < 1.29 is 36.6 Å². The minimum Gasteiger partial charge on any atom is -0.490 e. The molecule has 6 heterocycles. The second-order valence-corrected chi connectivity index (χ2v) is 16.1. The van der Waals surface area contributed by atoms with E-state index in [0.29, 0.717) is 29.2 Å². The lowest BCUT2D eigenvalue weighted by molar-refractivity contribution is -0.143. The van der Waals surface area contributed by atoms with E-state index >= 15 is 0 Å². The van der Waals surface area contributed by atoms with Crippen LogP contribution in [-0.4, -0.2) is 125 Å². The highest BCUT2D eigenvalue weighted by atomic mass is 19.4. The third-order valence-corrected chi connectivity index (χ3v) is 11.6. The van der Waals surface area contributed by atoms with Gasteiger partial charge < -0.3 is 28.9 Å². The van der Waals surface area contributed by atoms with E-state index in [9.17, 15) is 22.4 Å². The Morgan fingerprint density at radius 1 is 1.06 bits per heavy atom. The quantitative estimate of drug-likeness (QED) is 0.230. The zero-order chi connectivity index (χ0) is 37.7. The molecular weight excluding hydrogens is 708 g/mol. The van der Waals surface area contributed by atoms with Gasteiger partial charge in [0, 0.05) is 86.6 Å². The maximum absolute atomic E-state index is 14.3. The van der Waals surface area contributed by atoms with Crippen LogP contribution in [0.5, 0.6) is 17.4 Å². The first-order valence-electron chi connectivity index (χ1n) is 18.8. The largest absolute Gasteiger partial charge is 0.490 e. The molecule has 2 spiro atoms. The first-order valence-corrected chi connectivity index (χ1v) is 18.8. The number of rotatable bonds is 12. The van der Waals surface area contributed by atoms with Gasteiger partial charge in [-0.05, 0) is 76.9 Å². The molecule has 1 amide bonds. The number of carbonyl (C=O) groups excluding carboxylic acids is 1. The molecule has 1 aromatic carbocycles. The van der Waals surface area contributed by atoms with E-state index in [1.807, 2.05) is 17.2 Å². The van der Waals surface area contributed by atoms with Gasteiger partial charge in [-0.1, -0.05) is 0 Å². The van der Waals surface area contributed by atoms with Crippen LogP contribution in [0.3, 0.4) is 0 Å². The molecule has 12 nitrogen and oxygen atoms in total. The minimum atomic E-state index is -4.64. The van der Waals surface area contributed by atoms with Crippen molar-refractivity contribution in [3.8, 4) is 17.4 Å². The molecule has 54 heavy (non-hydrogen) atoms. The van der Waals surface area contributed by atoms with Crippen LogP contribution in [0.1, 0.15) is 61.1 Å². The fourth-order valence-corrected chi connectivity index (χ4v) is 8.83. The molecule has 16 heteroatoms. The van der Waals surface area contributed by atoms with Gasteiger partial charge in [0.2, 0.25) is 0 Å². The van der Waals surface area contributed by atoms with Crippen molar-refractivity contribution in [2.75, 3.05) is 70.5 Å². The normalized spacial score (nSPS) is 20.8. The highest BCUT2D eigenvalue weighted by molar-refractivity contribution is 5.97. The maximum Gasteiger partial charge on any atom is 0.406 e. The molecule has 1 aliphatic carbocycles. The number of likely N-dealkylation sites (tertiary alicyclic amines) is 1. The summed E-state index contributed by atoms with van der Waals surface area (Å²) >= 11 is 0. The first kappa shape index (κ1) is 36.8. The van der Waals surface area contributed by atoms with Crippen LogP contribution in [0.25, 0.3) is 0 Å². The number of nitrogens with zero attached hydrogens (tertiary/aromatic N) is 8. The lowest BCUT2D eigenvalue weighted by Gasteiger charge is -2.58. The van der Waals surface area contributed by atoms with Gasteiger partial charge in [0.25, 0.3) is 11.8 Å². The van der Waals surface area contributed by atoms with Crippen LogP contribution in [0.2, 0.25) is 0 Å². The zero-order valence-electron chi connectivity index (χ0n) is 30.7. The summed E-state index contributed by atoms with van der Waals surface area (Å²) in [6.07, 6.45) is 3.52. The van der Waals surface area contributed by atoms with Gasteiger partial charge in [-0.25, -0.2) is 9.37 Å². The number of pyridine rings is 1. The molecule has 0 unspecified atom stereocenters. The van der Waals surface area contributed by atoms with Crippen LogP contribution >= 0.6 is 0 Å². The molecule has 0 N–H and O–H groups in total. The van der Waals surface area contributed by atoms with Crippen molar-refractivity contribution in [2.24, 2.45) is 10.8 Å². The van der Waals surface area contributed by atoms with Crippen molar-refractivity contribution in [3.63, 3.8) is 0 Å². The Morgan fingerprint density at radius 3 is 2.59 bits per heavy atom. The van der Waals surface area contributed by atoms with E-state index in [2.05, 4.69) is 30.0 Å². The fraction of sp³-hybridized carbons (Fsp3) is 0.605. The van der Waals surface area contributed by atoms with Crippen molar-refractivity contribution in [3.05, 3.63) is 59.4 Å². The number of benzene rings is 1. The number of hydrogen-bond donors (Lipinski definition) is 0. The molecule has 3 aromatic rings. The number of fused-ring (bicyclic) bond motifs is 1. The third-order valence-electron chi connectivity index (χ3n) is 11.6. The lowest BCUT2D eigenvalue weighted by Crippen LogP contribution is -2.65. The summed E-state index contributed by atoms with van der Waals surface area (Å²) in [7, 11) is 0. The highest BCUT2D eigenvalue weighted by Gasteiger charge is 2.54. The van der Waals surface area contributed by atoms with E-state index in [1.165, 1.54) is 38.2 Å². The van der Waals surface area contributed by atoms with Crippen LogP contribution in [0.4, 0.5) is 23.4 Å². The summed E-state index contributed by atoms with van der Waals surface area (Å²) in [6, 6.07) is 4.31. The number of halogens is 4. The Balaban J connectivity index is 0.857. The summed E-state index contributed by atoms with van der Waals surface area (Å²) in [5.41, 5.74) is 2.40. The van der Waals surface area contributed by atoms with Gasteiger partial charge in [0.15, 0.2) is 5.82 Å². The number of carbonyl (C=O) groups is 1. The Labute approximate surface area is 311 Å². The number of amides is 1. The molecule has 0 bridgehead atoms. The Hall–Kier alpha value is -4.15. The van der Waals surface area contributed by atoms with Gasteiger partial charge in [0.1, 0.15) is 36.3 Å². The lowest BCUT2D eigenvalue weighted by atomic mass is 9.61. The zero-order valence-corrected chi connectivity index (χ0v) is 30.7. The number of ether oxygens (including phenoxy) is 3. The van der Waals surface area contributed by atoms with E-state index in [-0.39, 0.29) is 28.7 Å². The smallest absolute Gasteiger partial charge is 0.406 e. The molecule has 290 valence electrons. The van der Waals surface area contributed by atoms with Crippen molar-refractivity contribution in [1.29, 1.82) is 0 Å². The predicted octanol–water partition coefficient (Wildman–Crippen LogP) is 5.13. The van der Waals surface area contributed by atoms with E-state index in [1.54, 1.807) is 0 Å². The summed E-state index contributed by atoms with van der Waals surface area (Å²) in [5.74, 6) is -0.690. The molecule has 5 aliphatic rings. The topological polar surface area (TPSA) is 109 Å². The van der Waals surface area contributed by atoms with Crippen LogP contribution in [0, 0.1) is 16.6 Å². The van der Waals surface area contributed by atoms with Gasteiger partial charge >= 0.3 is 6.18 Å². The maximum atomic E-state index is 14.3. The summed E-state index contributed by atoms with van der Waals surface area (Å²) in [5, 5.41) is 7.92. The summed E-state index contributed by atoms with van der Waals surface area (Å²) in [4.78, 5) is 30.1. The second-order valence-electron chi connectivity index (χ2n) is 16.1. The van der Waals surface area contributed by atoms with Crippen molar-refractivity contribution >= 4 is 11.7 Å². The Morgan fingerprint density at radius 2 is 1.85 bits per heavy atom. The summed E-state index contributed by atoms with van der Waals surface area (Å²) in [6.45, 7) is 10.9. The van der Waals surface area contributed by atoms with Crippen molar-refractivity contribution in [1.82, 2.24) is 34.9 Å². The monoisotopic (exact) mass is 754 g/mol. The molecule has 3 saturated heterocycles. The molecule has 0 radical (unpaired) electrons. The Kier molecular flexibility index (Phi) is 9.88. The molecule has 4 fully saturated rings. The SMILES string of the molecule is CC(C)N(CC(F)(F)F)C(=O)c1cc(F)ccc1Oc1nncnc1N1CC2(CC(Oc3ccnc4c3CN(CCCN3CC5(CCOC5)C3)CC4)C2)C1. The number of aromatic nitrogens is 4. The molecular formula is C38H46F4N8O4. The number of alkyl halides is 3. The third kappa shape index (κ3) is 7.69. The van der Waals surface area contributed by atoms with E-state index < -0.39 is 30.5 Å². The predicted molar refractivity (Wildman–Crippen MR) is 189 cm³/mol. The molecule has 1 saturated carbocycles. The molecule has 0 atom stereocenters. The molecule has 8 rings (SSSR count). The second kappa shape index (κ2) is 14.5. The first-order chi connectivity index (χ1) is 25.9. The van der Waals surface area contributed by atoms with Crippen LogP contribution < -0.4 is 14.4 Å². The van der Waals surface area contributed by atoms with E-state index in [4.69, 9.17) is 14.2 Å². The average Bonchev–Trinajstić information content (AvgIpc) is 3.58. The van der Waals surface area contributed by atoms with Crippen molar-refractivity contribution in [2.45, 2.75) is 70.8 Å². The summed E-state index contributed by atoms with van der Waals surface area (Å²) < 4.78 is 72.5. The van der Waals surface area contributed by atoms with Gasteiger partial charge in [-0.15, -0.1) is 10.2 Å². The standard InChI is InChI=1S/C38H46F4N8O4/c1-25(2)50(22-38(40,41)42)35(51)28-14-26(39)4-5-31(28)54-34-33(44-24-45-46-34)49-20-37(21-49)15-27(16-37)53-32-6-9-43-30-7-12-47(17-29(30)32)10-3-11-48-18-36(19-48)8-13-52-23-36/h4-6,9,14,24-25,27H,3,7-8,10-13,15-23H2,1-2H3. The number of hydrogen-bond acceptors (Lipinski definition) is 11. The van der Waals surface area contributed by atoms with Crippen LogP contribution in [0.15, 0.2) is 36.8 Å². The van der Waals surface area contributed by atoms with Crippen LogP contribution in [-0.2, 0) is 17.7 Å². The molecule has 4 aliphatic heterocycles. The minimum absolute atomic E-state index is 0.0262. The molecule has 2 aromatic heterocycles. The fourth-order valence-electron chi connectivity index (χ4n) is 8.83. The van der Waals surface area contributed by atoms with Gasteiger partial charge in [-0.3, -0.25) is 14.7 Å². The van der Waals surface area contributed by atoms with Gasteiger partial charge in [0.05, 0.1) is 12.2 Å². The van der Waals surface area contributed by atoms with Gasteiger partial charge in [-0.2, -0.15) is 13.2 Å². The highest BCUT2D eigenvalue weighted by Crippen LogP contribution is 2.52. The average molecular weight is 755 g/mol. The number of anilines is 1. The Bertz CT molecular complexity index is 1840.